The Labute approximate surface area is 107 Å². The first kappa shape index (κ1) is 12.9. The second-order valence-electron chi connectivity index (χ2n) is 5.19. The fourth-order valence-corrected chi connectivity index (χ4v) is 3.44. The maximum Gasteiger partial charge on any atom is 0.191 e. The Balaban J connectivity index is 1.94. The zero-order valence-electron chi connectivity index (χ0n) is 10.6. The number of hydrogen-bond donors (Lipinski definition) is 1. The molecule has 5 heteroatoms. The van der Waals surface area contributed by atoms with E-state index >= 15 is 0 Å². The van der Waals surface area contributed by atoms with Crippen molar-refractivity contribution < 1.29 is 5.11 Å². The van der Waals surface area contributed by atoms with E-state index in [2.05, 4.69) is 28.6 Å². The lowest BCUT2D eigenvalue weighted by molar-refractivity contribution is 0.0272. The molecule has 0 aromatic carbocycles. The molecule has 0 aliphatic heterocycles. The number of rotatable bonds is 4. The summed E-state index contributed by atoms with van der Waals surface area (Å²) >= 11 is 1.63. The van der Waals surface area contributed by atoms with Gasteiger partial charge < -0.3 is 9.67 Å². The van der Waals surface area contributed by atoms with Gasteiger partial charge in [-0.15, -0.1) is 10.2 Å². The van der Waals surface area contributed by atoms with E-state index in [0.29, 0.717) is 6.04 Å². The molecular formula is C12H21N3OS. The van der Waals surface area contributed by atoms with Crippen molar-refractivity contribution in [2.45, 2.75) is 62.8 Å². The van der Waals surface area contributed by atoms with Gasteiger partial charge in [-0.3, -0.25) is 0 Å². The molecule has 0 bridgehead atoms. The van der Waals surface area contributed by atoms with Crippen LogP contribution in [0.2, 0.25) is 0 Å². The second-order valence-corrected chi connectivity index (χ2v) is 6.13. The first-order valence-corrected chi connectivity index (χ1v) is 7.34. The molecule has 96 valence electrons. The summed E-state index contributed by atoms with van der Waals surface area (Å²) in [6, 6.07) is 0.369. The molecule has 1 heterocycles. The van der Waals surface area contributed by atoms with Crippen molar-refractivity contribution in [2.75, 3.05) is 5.75 Å². The fraction of sp³-hybridized carbons (Fsp3) is 0.833. The van der Waals surface area contributed by atoms with Crippen molar-refractivity contribution in [3.63, 3.8) is 0 Å². The van der Waals surface area contributed by atoms with Crippen LogP contribution in [0.5, 0.6) is 0 Å². The molecular weight excluding hydrogens is 234 g/mol. The van der Waals surface area contributed by atoms with Crippen LogP contribution in [0.1, 0.15) is 52.0 Å². The molecule has 4 nitrogen and oxygen atoms in total. The second kappa shape index (κ2) is 5.40. The maximum atomic E-state index is 10.4. The van der Waals surface area contributed by atoms with Gasteiger partial charge in [-0.2, -0.15) is 0 Å². The number of aromatic nitrogens is 3. The Kier molecular flexibility index (Phi) is 4.09. The minimum atomic E-state index is -0.489. The van der Waals surface area contributed by atoms with Crippen molar-refractivity contribution in [1.82, 2.24) is 14.8 Å². The SMILES string of the molecule is CC(C)n1cnnc1SCC1(O)CCCCC1. The van der Waals surface area contributed by atoms with Crippen molar-refractivity contribution >= 4 is 11.8 Å². The molecule has 1 saturated carbocycles. The Morgan fingerprint density at radius 2 is 2.12 bits per heavy atom. The van der Waals surface area contributed by atoms with Crippen LogP contribution < -0.4 is 0 Å². The molecule has 1 aromatic rings. The van der Waals surface area contributed by atoms with Gasteiger partial charge >= 0.3 is 0 Å². The number of thioether (sulfide) groups is 1. The topological polar surface area (TPSA) is 50.9 Å². The van der Waals surface area contributed by atoms with Crippen LogP contribution in [-0.4, -0.2) is 31.2 Å². The van der Waals surface area contributed by atoms with Crippen LogP contribution in [0.4, 0.5) is 0 Å². The summed E-state index contributed by atoms with van der Waals surface area (Å²) in [6.45, 7) is 4.23. The van der Waals surface area contributed by atoms with Crippen molar-refractivity contribution in [2.24, 2.45) is 0 Å². The third-order valence-electron chi connectivity index (χ3n) is 3.35. The van der Waals surface area contributed by atoms with Crippen LogP contribution in [-0.2, 0) is 0 Å². The highest BCUT2D eigenvalue weighted by molar-refractivity contribution is 7.99. The Morgan fingerprint density at radius 3 is 2.76 bits per heavy atom. The average molecular weight is 255 g/mol. The summed E-state index contributed by atoms with van der Waals surface area (Å²) in [5, 5.41) is 19.4. The van der Waals surface area contributed by atoms with Crippen LogP contribution in [0, 0.1) is 0 Å². The zero-order valence-corrected chi connectivity index (χ0v) is 11.4. The van der Waals surface area contributed by atoms with E-state index in [1.54, 1.807) is 18.1 Å². The van der Waals surface area contributed by atoms with Crippen LogP contribution in [0.25, 0.3) is 0 Å². The lowest BCUT2D eigenvalue weighted by atomic mass is 9.86. The standard InChI is InChI=1S/C12H21N3OS/c1-10(2)15-9-13-14-11(15)17-8-12(16)6-4-3-5-7-12/h9-10,16H,3-8H2,1-2H3. The summed E-state index contributed by atoms with van der Waals surface area (Å²) in [4.78, 5) is 0. The van der Waals surface area contributed by atoms with E-state index in [1.807, 2.05) is 0 Å². The third-order valence-corrected chi connectivity index (χ3v) is 4.58. The monoisotopic (exact) mass is 255 g/mol. The van der Waals surface area contributed by atoms with Gasteiger partial charge in [0, 0.05) is 11.8 Å². The normalized spacial score (nSPS) is 19.8. The summed E-state index contributed by atoms with van der Waals surface area (Å²) in [6.07, 6.45) is 7.17. The van der Waals surface area contributed by atoms with Crippen molar-refractivity contribution in [3.05, 3.63) is 6.33 Å². The van der Waals surface area contributed by atoms with Gasteiger partial charge in [0.25, 0.3) is 0 Å². The molecule has 0 radical (unpaired) electrons. The number of nitrogens with zero attached hydrogens (tertiary/aromatic N) is 3. The van der Waals surface area contributed by atoms with Gasteiger partial charge in [0.1, 0.15) is 6.33 Å². The molecule has 2 rings (SSSR count). The molecule has 17 heavy (non-hydrogen) atoms. The van der Waals surface area contributed by atoms with Crippen LogP contribution in [0.15, 0.2) is 11.5 Å². The van der Waals surface area contributed by atoms with Gasteiger partial charge in [0.2, 0.25) is 0 Å². The Morgan fingerprint density at radius 1 is 1.41 bits per heavy atom. The Bertz CT molecular complexity index is 358. The lowest BCUT2D eigenvalue weighted by Gasteiger charge is -2.31. The van der Waals surface area contributed by atoms with Gasteiger partial charge in [0.15, 0.2) is 5.16 Å². The molecule has 1 aliphatic carbocycles. The molecule has 1 N–H and O–H groups in total. The summed E-state index contributed by atoms with van der Waals surface area (Å²) in [5.74, 6) is 0.735. The molecule has 1 aliphatic rings. The lowest BCUT2D eigenvalue weighted by Crippen LogP contribution is -2.34. The molecule has 0 amide bonds. The highest BCUT2D eigenvalue weighted by atomic mass is 32.2. The summed E-state index contributed by atoms with van der Waals surface area (Å²) in [5.41, 5.74) is -0.489. The summed E-state index contributed by atoms with van der Waals surface area (Å²) < 4.78 is 2.05. The number of hydrogen-bond acceptors (Lipinski definition) is 4. The van der Waals surface area contributed by atoms with Gasteiger partial charge in [0.05, 0.1) is 5.60 Å². The van der Waals surface area contributed by atoms with Crippen LogP contribution >= 0.6 is 11.8 Å². The number of aliphatic hydroxyl groups is 1. The zero-order chi connectivity index (χ0) is 12.3. The predicted molar refractivity (Wildman–Crippen MR) is 69.2 cm³/mol. The fourth-order valence-electron chi connectivity index (χ4n) is 2.24. The van der Waals surface area contributed by atoms with E-state index in [1.165, 1.54) is 6.42 Å². The summed E-state index contributed by atoms with van der Waals surface area (Å²) in [7, 11) is 0. The predicted octanol–water partition coefficient (Wildman–Crippen LogP) is 2.65. The van der Waals surface area contributed by atoms with E-state index < -0.39 is 5.60 Å². The quantitative estimate of drug-likeness (QED) is 0.840. The largest absolute Gasteiger partial charge is 0.389 e. The van der Waals surface area contributed by atoms with Crippen molar-refractivity contribution in [3.8, 4) is 0 Å². The van der Waals surface area contributed by atoms with Gasteiger partial charge in [-0.1, -0.05) is 31.0 Å². The molecule has 1 fully saturated rings. The smallest absolute Gasteiger partial charge is 0.191 e. The van der Waals surface area contributed by atoms with E-state index in [0.717, 1.165) is 36.6 Å². The highest BCUT2D eigenvalue weighted by Gasteiger charge is 2.29. The minimum Gasteiger partial charge on any atom is -0.389 e. The first-order chi connectivity index (χ1) is 8.11. The molecule has 0 unspecified atom stereocenters. The highest BCUT2D eigenvalue weighted by Crippen LogP contribution is 2.33. The molecule has 0 spiro atoms. The van der Waals surface area contributed by atoms with E-state index in [4.69, 9.17) is 0 Å². The molecule has 1 aromatic heterocycles. The van der Waals surface area contributed by atoms with E-state index in [9.17, 15) is 5.11 Å². The van der Waals surface area contributed by atoms with Crippen LogP contribution in [0.3, 0.4) is 0 Å². The average Bonchev–Trinajstić information content (AvgIpc) is 2.76. The van der Waals surface area contributed by atoms with E-state index in [-0.39, 0.29) is 0 Å². The molecule has 0 atom stereocenters. The van der Waals surface area contributed by atoms with Gasteiger partial charge in [-0.25, -0.2) is 0 Å². The molecule has 0 saturated heterocycles. The van der Waals surface area contributed by atoms with Gasteiger partial charge in [-0.05, 0) is 26.7 Å². The maximum absolute atomic E-state index is 10.4. The van der Waals surface area contributed by atoms with Crippen molar-refractivity contribution in [1.29, 1.82) is 0 Å². The Hall–Kier alpha value is -0.550. The third kappa shape index (κ3) is 3.22. The minimum absolute atomic E-state index is 0.369. The first-order valence-electron chi connectivity index (χ1n) is 6.35.